The Morgan fingerprint density at radius 1 is 1.19 bits per heavy atom. The molecule has 110 valence electrons. The summed E-state index contributed by atoms with van der Waals surface area (Å²) in [5, 5.41) is 4.57. The van der Waals surface area contributed by atoms with Crippen molar-refractivity contribution in [3.8, 4) is 0 Å². The minimum atomic E-state index is -0.679. The van der Waals surface area contributed by atoms with Crippen LogP contribution >= 0.6 is 11.3 Å². The molecule has 1 atom stereocenters. The minimum Gasteiger partial charge on any atom is -0.464 e. The number of thiophene rings is 1. The molecule has 0 aliphatic heterocycles. The first kappa shape index (κ1) is 15.3. The van der Waals surface area contributed by atoms with E-state index in [-0.39, 0.29) is 5.91 Å². The Morgan fingerprint density at radius 3 is 2.57 bits per heavy atom. The van der Waals surface area contributed by atoms with Crippen molar-refractivity contribution in [1.29, 1.82) is 0 Å². The van der Waals surface area contributed by atoms with Gasteiger partial charge in [0.1, 0.15) is 6.04 Å². The number of esters is 1. The van der Waals surface area contributed by atoms with Gasteiger partial charge in [0, 0.05) is 6.42 Å². The fourth-order valence-electron chi connectivity index (χ4n) is 1.92. The average molecular weight is 303 g/mol. The van der Waals surface area contributed by atoms with Crippen LogP contribution in [0.5, 0.6) is 0 Å². The first-order chi connectivity index (χ1) is 10.2. The molecule has 1 amide bonds. The smallest absolute Gasteiger partial charge is 0.328 e. The van der Waals surface area contributed by atoms with Gasteiger partial charge in [0.2, 0.25) is 0 Å². The van der Waals surface area contributed by atoms with E-state index in [0.717, 1.165) is 5.56 Å². The van der Waals surface area contributed by atoms with Crippen LogP contribution in [0.25, 0.3) is 0 Å². The molecule has 0 saturated carbocycles. The van der Waals surface area contributed by atoms with Crippen LogP contribution in [0.3, 0.4) is 0 Å². The normalized spacial score (nSPS) is 11.7. The molecule has 0 aliphatic carbocycles. The molecule has 0 radical (unpaired) electrons. The lowest BCUT2D eigenvalue weighted by molar-refractivity contribution is -0.145. The average Bonchev–Trinajstić information content (AvgIpc) is 3.02. The molecule has 1 aromatic carbocycles. The number of hydrogen-bond acceptors (Lipinski definition) is 4. The maximum atomic E-state index is 12.1. The van der Waals surface area contributed by atoms with E-state index in [9.17, 15) is 9.59 Å². The minimum absolute atomic E-state index is 0.251. The Kier molecular flexibility index (Phi) is 5.51. The molecule has 0 fully saturated rings. The predicted octanol–water partition coefficient (Wildman–Crippen LogP) is 2.65. The Hall–Kier alpha value is -2.14. The molecule has 0 saturated heterocycles. The fourth-order valence-corrected chi connectivity index (χ4v) is 2.55. The summed E-state index contributed by atoms with van der Waals surface area (Å²) < 4.78 is 5.04. The Balaban J connectivity index is 2.08. The number of carbonyl (C=O) groups excluding carboxylic acids is 2. The van der Waals surface area contributed by atoms with Crippen molar-refractivity contribution in [3.05, 3.63) is 58.3 Å². The summed E-state index contributed by atoms with van der Waals surface area (Å²) >= 11 is 1.34. The summed E-state index contributed by atoms with van der Waals surface area (Å²) in [6, 6.07) is 12.4. The molecule has 1 unspecified atom stereocenters. The molecular weight excluding hydrogens is 286 g/mol. The zero-order chi connectivity index (χ0) is 15.1. The van der Waals surface area contributed by atoms with Gasteiger partial charge in [0.15, 0.2) is 0 Å². The van der Waals surface area contributed by atoms with E-state index in [2.05, 4.69) is 5.32 Å². The van der Waals surface area contributed by atoms with Crippen LogP contribution in [0.1, 0.15) is 22.2 Å². The summed E-state index contributed by atoms with van der Waals surface area (Å²) in [6.45, 7) is 2.04. The fraction of sp³-hybridized carbons (Fsp3) is 0.250. The van der Waals surface area contributed by atoms with Gasteiger partial charge >= 0.3 is 5.97 Å². The van der Waals surface area contributed by atoms with E-state index in [1.54, 1.807) is 19.1 Å². The van der Waals surface area contributed by atoms with Crippen LogP contribution in [0.4, 0.5) is 0 Å². The van der Waals surface area contributed by atoms with E-state index < -0.39 is 12.0 Å². The predicted molar refractivity (Wildman–Crippen MR) is 82.4 cm³/mol. The highest BCUT2D eigenvalue weighted by atomic mass is 32.1. The van der Waals surface area contributed by atoms with Crippen molar-refractivity contribution < 1.29 is 14.3 Å². The lowest BCUT2D eigenvalue weighted by Crippen LogP contribution is -2.43. The highest BCUT2D eigenvalue weighted by Crippen LogP contribution is 2.10. The molecule has 1 aromatic heterocycles. The summed E-state index contributed by atoms with van der Waals surface area (Å²) in [7, 11) is 0. The number of amides is 1. The van der Waals surface area contributed by atoms with Gasteiger partial charge in [-0.25, -0.2) is 4.79 Å². The van der Waals surface area contributed by atoms with Crippen molar-refractivity contribution in [2.24, 2.45) is 0 Å². The summed E-state index contributed by atoms with van der Waals surface area (Å²) in [6.07, 6.45) is 0.413. The Labute approximate surface area is 127 Å². The van der Waals surface area contributed by atoms with Crippen LogP contribution in [0.15, 0.2) is 47.8 Å². The van der Waals surface area contributed by atoms with E-state index in [4.69, 9.17) is 4.74 Å². The molecule has 2 aromatic rings. The molecule has 1 N–H and O–H groups in total. The number of carbonyl (C=O) groups is 2. The number of rotatable bonds is 6. The van der Waals surface area contributed by atoms with Gasteiger partial charge in [0.05, 0.1) is 11.5 Å². The van der Waals surface area contributed by atoms with Crippen LogP contribution in [-0.4, -0.2) is 24.5 Å². The summed E-state index contributed by atoms with van der Waals surface area (Å²) in [4.78, 5) is 24.7. The molecule has 0 spiro atoms. The first-order valence-corrected chi connectivity index (χ1v) is 7.63. The number of nitrogens with one attached hydrogen (secondary N) is 1. The summed E-state index contributed by atoms with van der Waals surface area (Å²) in [5.41, 5.74) is 0.974. The maximum Gasteiger partial charge on any atom is 0.328 e. The monoisotopic (exact) mass is 303 g/mol. The van der Waals surface area contributed by atoms with Gasteiger partial charge in [-0.05, 0) is 23.9 Å². The van der Waals surface area contributed by atoms with Crippen molar-refractivity contribution in [3.63, 3.8) is 0 Å². The molecule has 0 bridgehead atoms. The van der Waals surface area contributed by atoms with Crippen LogP contribution in [0, 0.1) is 0 Å². The second-order valence-corrected chi connectivity index (χ2v) is 5.39. The van der Waals surface area contributed by atoms with Gasteiger partial charge < -0.3 is 10.1 Å². The van der Waals surface area contributed by atoms with Crippen molar-refractivity contribution >= 4 is 23.2 Å². The topological polar surface area (TPSA) is 55.4 Å². The van der Waals surface area contributed by atoms with Gasteiger partial charge in [-0.3, -0.25) is 4.79 Å². The highest BCUT2D eigenvalue weighted by Gasteiger charge is 2.23. The van der Waals surface area contributed by atoms with Crippen molar-refractivity contribution in [2.75, 3.05) is 6.61 Å². The molecule has 1 heterocycles. The highest BCUT2D eigenvalue weighted by molar-refractivity contribution is 7.12. The third-order valence-electron chi connectivity index (χ3n) is 2.90. The Morgan fingerprint density at radius 2 is 1.95 bits per heavy atom. The van der Waals surface area contributed by atoms with Crippen molar-refractivity contribution in [1.82, 2.24) is 5.32 Å². The lowest BCUT2D eigenvalue weighted by Gasteiger charge is -2.17. The lowest BCUT2D eigenvalue weighted by atomic mass is 10.1. The van der Waals surface area contributed by atoms with E-state index in [1.165, 1.54) is 11.3 Å². The number of benzene rings is 1. The second-order valence-electron chi connectivity index (χ2n) is 4.45. The van der Waals surface area contributed by atoms with Gasteiger partial charge in [0.25, 0.3) is 5.91 Å². The molecule has 0 aliphatic rings. The van der Waals surface area contributed by atoms with E-state index in [1.807, 2.05) is 35.7 Å². The zero-order valence-electron chi connectivity index (χ0n) is 11.7. The number of hydrogen-bond donors (Lipinski definition) is 1. The van der Waals surface area contributed by atoms with Crippen LogP contribution in [0.2, 0.25) is 0 Å². The van der Waals surface area contributed by atoms with Gasteiger partial charge in [-0.2, -0.15) is 0 Å². The largest absolute Gasteiger partial charge is 0.464 e. The third kappa shape index (κ3) is 4.43. The zero-order valence-corrected chi connectivity index (χ0v) is 12.6. The van der Waals surface area contributed by atoms with Crippen LogP contribution in [-0.2, 0) is 16.0 Å². The van der Waals surface area contributed by atoms with E-state index in [0.29, 0.717) is 17.9 Å². The first-order valence-electron chi connectivity index (χ1n) is 6.75. The molecule has 4 nitrogen and oxygen atoms in total. The standard InChI is InChI=1S/C16H17NO3S/c1-2-20-16(19)13(11-12-7-4-3-5-8-12)17-15(18)14-9-6-10-21-14/h3-10,13H,2,11H2,1H3,(H,17,18). The van der Waals surface area contributed by atoms with Crippen LogP contribution < -0.4 is 5.32 Å². The van der Waals surface area contributed by atoms with Gasteiger partial charge in [-0.1, -0.05) is 36.4 Å². The SMILES string of the molecule is CCOC(=O)C(Cc1ccccc1)NC(=O)c1cccs1. The van der Waals surface area contributed by atoms with E-state index >= 15 is 0 Å². The second kappa shape index (κ2) is 7.59. The van der Waals surface area contributed by atoms with Crippen molar-refractivity contribution in [2.45, 2.75) is 19.4 Å². The molecule has 2 rings (SSSR count). The van der Waals surface area contributed by atoms with Gasteiger partial charge in [-0.15, -0.1) is 11.3 Å². The summed E-state index contributed by atoms with van der Waals surface area (Å²) in [5.74, 6) is -0.662. The molecular formula is C16H17NO3S. The Bertz CT molecular complexity index is 581. The molecule has 21 heavy (non-hydrogen) atoms. The quantitative estimate of drug-likeness (QED) is 0.835. The maximum absolute atomic E-state index is 12.1. The third-order valence-corrected chi connectivity index (χ3v) is 3.77. The number of ether oxygens (including phenoxy) is 1. The molecule has 5 heteroatoms.